The number of carbonyl (C=O) groups is 2. The molecule has 0 saturated carbocycles. The van der Waals surface area contributed by atoms with E-state index >= 15 is 0 Å². The Balaban J connectivity index is 1.80. The van der Waals surface area contributed by atoms with Crippen LogP contribution in [-0.4, -0.2) is 16.1 Å². The fraction of sp³-hybridized carbons (Fsp3) is 0.0833. The number of amides is 1. The summed E-state index contributed by atoms with van der Waals surface area (Å²) in [5.74, 6) is -0.573. The third-order valence-electron chi connectivity index (χ3n) is 4.95. The van der Waals surface area contributed by atoms with Crippen LogP contribution in [0.15, 0.2) is 72.9 Å². The van der Waals surface area contributed by atoms with Crippen LogP contribution < -0.4 is 11.1 Å². The molecule has 0 spiro atoms. The first-order valence-corrected chi connectivity index (χ1v) is 9.33. The van der Waals surface area contributed by atoms with Gasteiger partial charge in [0.05, 0.1) is 16.8 Å². The average Bonchev–Trinajstić information content (AvgIpc) is 3.01. The van der Waals surface area contributed by atoms with Crippen molar-refractivity contribution in [2.75, 3.05) is 11.1 Å². The lowest BCUT2D eigenvalue weighted by atomic mass is 10.0. The number of benzene rings is 2. The molecule has 2 heterocycles. The van der Waals surface area contributed by atoms with Gasteiger partial charge < -0.3 is 15.5 Å². The van der Waals surface area contributed by atoms with Gasteiger partial charge in [-0.15, -0.1) is 0 Å². The summed E-state index contributed by atoms with van der Waals surface area (Å²) >= 11 is 0. The van der Waals surface area contributed by atoms with Crippen LogP contribution in [0.1, 0.15) is 37.5 Å². The third kappa shape index (κ3) is 3.38. The first-order chi connectivity index (χ1) is 14.0. The summed E-state index contributed by atoms with van der Waals surface area (Å²) in [5, 5.41) is 2.87. The number of anilines is 2. The second kappa shape index (κ2) is 7.28. The number of pyridine rings is 1. The molecule has 5 nitrogen and oxygen atoms in total. The summed E-state index contributed by atoms with van der Waals surface area (Å²) in [4.78, 5) is 26.2. The van der Waals surface area contributed by atoms with Gasteiger partial charge in [-0.25, -0.2) is 0 Å². The number of hydrogen-bond donors (Lipinski definition) is 2. The number of aromatic nitrogens is 1. The van der Waals surface area contributed by atoms with Crippen molar-refractivity contribution in [2.45, 2.75) is 13.8 Å². The van der Waals surface area contributed by atoms with Gasteiger partial charge in [-0.2, -0.15) is 0 Å². The van der Waals surface area contributed by atoms with Crippen molar-refractivity contribution in [3.8, 4) is 0 Å². The van der Waals surface area contributed by atoms with Crippen LogP contribution in [-0.2, 0) is 0 Å². The monoisotopic (exact) mass is 383 g/mol. The highest BCUT2D eigenvalue weighted by Crippen LogP contribution is 2.29. The maximum absolute atomic E-state index is 13.2. The Hall–Kier alpha value is -3.86. The van der Waals surface area contributed by atoms with E-state index in [0.717, 1.165) is 11.1 Å². The molecule has 2 aromatic carbocycles. The molecule has 2 aromatic heterocycles. The standard InChI is InChI=1S/C24H21N3O2/c1-15-6-10-17(11-7-15)23(28)22-21(25)20(19-5-3-4-14-27(19)22)24(29)26-18-12-8-16(2)9-13-18/h3-14H,25H2,1-2H3,(H,26,29). The van der Waals surface area contributed by atoms with Crippen LogP contribution in [0.3, 0.4) is 0 Å². The predicted molar refractivity (Wildman–Crippen MR) is 116 cm³/mol. The lowest BCUT2D eigenvalue weighted by Gasteiger charge is -2.06. The van der Waals surface area contributed by atoms with Gasteiger partial charge in [0.25, 0.3) is 5.91 Å². The fourth-order valence-corrected chi connectivity index (χ4v) is 3.37. The van der Waals surface area contributed by atoms with Gasteiger partial charge in [0.1, 0.15) is 5.69 Å². The normalized spacial score (nSPS) is 10.8. The van der Waals surface area contributed by atoms with E-state index in [1.165, 1.54) is 0 Å². The van der Waals surface area contributed by atoms with Crippen LogP contribution in [0.4, 0.5) is 11.4 Å². The van der Waals surface area contributed by atoms with Gasteiger partial charge in [0.15, 0.2) is 0 Å². The minimum absolute atomic E-state index is 0.173. The maximum atomic E-state index is 13.2. The number of nitrogen functional groups attached to an aromatic ring is 1. The molecule has 4 aromatic rings. The Morgan fingerprint density at radius 1 is 0.862 bits per heavy atom. The van der Waals surface area contributed by atoms with Crippen LogP contribution >= 0.6 is 0 Å². The number of aryl methyl sites for hydroxylation is 2. The topological polar surface area (TPSA) is 76.6 Å². The molecular weight excluding hydrogens is 362 g/mol. The zero-order chi connectivity index (χ0) is 20.5. The summed E-state index contributed by atoms with van der Waals surface area (Å²) in [5.41, 5.74) is 11.1. The Morgan fingerprint density at radius 3 is 2.14 bits per heavy atom. The second-order valence-corrected chi connectivity index (χ2v) is 7.11. The van der Waals surface area contributed by atoms with Crippen LogP contribution in [0.2, 0.25) is 0 Å². The molecule has 0 aliphatic heterocycles. The van der Waals surface area contributed by atoms with Crippen molar-refractivity contribution in [1.29, 1.82) is 0 Å². The number of nitrogens with two attached hydrogens (primary N) is 1. The van der Waals surface area contributed by atoms with E-state index in [-0.39, 0.29) is 17.4 Å². The van der Waals surface area contributed by atoms with Crippen LogP contribution in [0, 0.1) is 13.8 Å². The molecule has 29 heavy (non-hydrogen) atoms. The van der Waals surface area contributed by atoms with Crippen molar-refractivity contribution in [3.05, 3.63) is 101 Å². The average molecular weight is 383 g/mol. The van der Waals surface area contributed by atoms with Crippen LogP contribution in [0.25, 0.3) is 5.52 Å². The predicted octanol–water partition coefficient (Wildman–Crippen LogP) is 4.62. The number of ketones is 1. The van der Waals surface area contributed by atoms with E-state index < -0.39 is 0 Å². The Labute approximate surface area is 168 Å². The summed E-state index contributed by atoms with van der Waals surface area (Å²) in [6.45, 7) is 3.94. The highest BCUT2D eigenvalue weighted by atomic mass is 16.2. The number of hydrogen-bond acceptors (Lipinski definition) is 3. The van der Waals surface area contributed by atoms with Crippen molar-refractivity contribution < 1.29 is 9.59 Å². The summed E-state index contributed by atoms with van der Waals surface area (Å²) < 4.78 is 1.68. The van der Waals surface area contributed by atoms with E-state index in [9.17, 15) is 9.59 Å². The molecule has 5 heteroatoms. The van der Waals surface area contributed by atoms with Crippen molar-refractivity contribution in [2.24, 2.45) is 0 Å². The molecule has 0 aliphatic carbocycles. The molecule has 0 radical (unpaired) electrons. The maximum Gasteiger partial charge on any atom is 0.259 e. The van der Waals surface area contributed by atoms with Gasteiger partial charge in [-0.1, -0.05) is 53.6 Å². The highest BCUT2D eigenvalue weighted by Gasteiger charge is 2.26. The molecule has 0 bridgehead atoms. The molecule has 0 saturated heterocycles. The van der Waals surface area contributed by atoms with E-state index in [2.05, 4.69) is 5.32 Å². The zero-order valence-corrected chi connectivity index (χ0v) is 16.3. The minimum atomic E-state index is -0.349. The van der Waals surface area contributed by atoms with E-state index in [1.54, 1.807) is 34.9 Å². The SMILES string of the molecule is Cc1ccc(NC(=O)c2c(N)c(C(=O)c3ccc(C)cc3)n3ccccc23)cc1. The molecule has 4 rings (SSSR count). The molecule has 0 aliphatic rings. The highest BCUT2D eigenvalue weighted by molar-refractivity contribution is 6.20. The zero-order valence-electron chi connectivity index (χ0n) is 16.3. The Bertz CT molecular complexity index is 1220. The summed E-state index contributed by atoms with van der Waals surface area (Å²) in [6.07, 6.45) is 1.75. The van der Waals surface area contributed by atoms with Gasteiger partial charge in [-0.3, -0.25) is 9.59 Å². The summed E-state index contributed by atoms with van der Waals surface area (Å²) in [7, 11) is 0. The second-order valence-electron chi connectivity index (χ2n) is 7.11. The number of carbonyl (C=O) groups excluding carboxylic acids is 2. The smallest absolute Gasteiger partial charge is 0.259 e. The van der Waals surface area contributed by atoms with E-state index in [4.69, 9.17) is 5.73 Å². The molecule has 0 unspecified atom stereocenters. The first-order valence-electron chi connectivity index (χ1n) is 9.33. The Kier molecular flexibility index (Phi) is 4.64. The number of fused-ring (bicyclic) bond motifs is 1. The van der Waals surface area contributed by atoms with E-state index in [0.29, 0.717) is 28.0 Å². The lowest BCUT2D eigenvalue weighted by molar-refractivity contribution is 0.102. The van der Waals surface area contributed by atoms with Gasteiger partial charge in [0.2, 0.25) is 5.78 Å². The molecule has 0 fully saturated rings. The molecule has 144 valence electrons. The third-order valence-corrected chi connectivity index (χ3v) is 4.95. The number of nitrogens with zero attached hydrogens (tertiary/aromatic N) is 1. The fourth-order valence-electron chi connectivity index (χ4n) is 3.37. The number of rotatable bonds is 4. The Morgan fingerprint density at radius 2 is 1.48 bits per heavy atom. The summed E-state index contributed by atoms with van der Waals surface area (Å²) in [6, 6.07) is 20.2. The van der Waals surface area contributed by atoms with Crippen LogP contribution in [0.5, 0.6) is 0 Å². The first kappa shape index (κ1) is 18.5. The molecule has 3 N–H and O–H groups in total. The van der Waals surface area contributed by atoms with E-state index in [1.807, 2.05) is 56.3 Å². The molecule has 1 amide bonds. The molecular formula is C24H21N3O2. The quantitative estimate of drug-likeness (QED) is 0.505. The van der Waals surface area contributed by atoms with Crippen molar-refractivity contribution in [1.82, 2.24) is 4.40 Å². The van der Waals surface area contributed by atoms with Crippen molar-refractivity contribution >= 4 is 28.6 Å². The lowest BCUT2D eigenvalue weighted by Crippen LogP contribution is -2.14. The minimum Gasteiger partial charge on any atom is -0.396 e. The van der Waals surface area contributed by atoms with Crippen molar-refractivity contribution in [3.63, 3.8) is 0 Å². The van der Waals surface area contributed by atoms with Gasteiger partial charge in [0, 0.05) is 17.4 Å². The molecule has 0 atom stereocenters. The van der Waals surface area contributed by atoms with Gasteiger partial charge >= 0.3 is 0 Å². The largest absolute Gasteiger partial charge is 0.396 e. The van der Waals surface area contributed by atoms with Gasteiger partial charge in [-0.05, 0) is 38.1 Å². The number of nitrogens with one attached hydrogen (secondary N) is 1.